The lowest BCUT2D eigenvalue weighted by Gasteiger charge is -2.24. The monoisotopic (exact) mass is 354 g/mol. The van der Waals surface area contributed by atoms with Crippen molar-refractivity contribution in [2.75, 3.05) is 6.61 Å². The standard InChI is InChI=1S/C21H38O4/c1-6-7-8-9-10-11-12-13-16-24-19(22)14-15-20(23)25-21(17(2)3)18(4)5/h14-15,17-18,21H,6-13,16H2,1-5H3/b15-14+. The molecule has 0 spiro atoms. The van der Waals surface area contributed by atoms with Gasteiger partial charge in [-0.15, -0.1) is 0 Å². The first-order valence-corrected chi connectivity index (χ1v) is 9.93. The van der Waals surface area contributed by atoms with Crippen LogP contribution in [-0.4, -0.2) is 24.6 Å². The molecule has 0 unspecified atom stereocenters. The van der Waals surface area contributed by atoms with E-state index in [2.05, 4.69) is 6.92 Å². The molecule has 0 heterocycles. The summed E-state index contributed by atoms with van der Waals surface area (Å²) in [5.41, 5.74) is 0. The second-order valence-electron chi connectivity index (χ2n) is 7.37. The molecular formula is C21H38O4. The van der Waals surface area contributed by atoms with Crippen LogP contribution in [0.1, 0.15) is 86.0 Å². The van der Waals surface area contributed by atoms with Crippen LogP contribution in [0, 0.1) is 11.8 Å². The summed E-state index contributed by atoms with van der Waals surface area (Å²) in [6.45, 7) is 10.7. The van der Waals surface area contributed by atoms with Crippen molar-refractivity contribution in [3.05, 3.63) is 12.2 Å². The topological polar surface area (TPSA) is 52.6 Å². The maximum Gasteiger partial charge on any atom is 0.331 e. The lowest BCUT2D eigenvalue weighted by Crippen LogP contribution is -2.28. The maximum atomic E-state index is 11.8. The lowest BCUT2D eigenvalue weighted by molar-refractivity contribution is -0.148. The quantitative estimate of drug-likeness (QED) is 0.236. The number of carbonyl (C=O) groups excluding carboxylic acids is 2. The smallest absolute Gasteiger partial charge is 0.331 e. The summed E-state index contributed by atoms with van der Waals surface area (Å²) in [4.78, 5) is 23.4. The van der Waals surface area contributed by atoms with Gasteiger partial charge in [-0.1, -0.05) is 79.6 Å². The van der Waals surface area contributed by atoms with E-state index >= 15 is 0 Å². The van der Waals surface area contributed by atoms with E-state index < -0.39 is 11.9 Å². The molecular weight excluding hydrogens is 316 g/mol. The minimum atomic E-state index is -0.489. The molecule has 0 aliphatic carbocycles. The van der Waals surface area contributed by atoms with E-state index in [4.69, 9.17) is 9.47 Å². The summed E-state index contributed by atoms with van der Waals surface area (Å²) in [6.07, 6.45) is 11.8. The third-order valence-corrected chi connectivity index (χ3v) is 4.16. The second-order valence-corrected chi connectivity index (χ2v) is 7.37. The van der Waals surface area contributed by atoms with Gasteiger partial charge in [0.2, 0.25) is 0 Å². The molecule has 0 radical (unpaired) electrons. The van der Waals surface area contributed by atoms with Crippen LogP contribution < -0.4 is 0 Å². The molecule has 4 nitrogen and oxygen atoms in total. The number of ether oxygens (including phenoxy) is 2. The van der Waals surface area contributed by atoms with E-state index in [1.165, 1.54) is 38.5 Å². The fraction of sp³-hybridized carbons (Fsp3) is 0.810. The zero-order chi connectivity index (χ0) is 19.1. The van der Waals surface area contributed by atoms with Gasteiger partial charge in [0, 0.05) is 12.2 Å². The Morgan fingerprint density at radius 2 is 1.24 bits per heavy atom. The molecule has 0 atom stereocenters. The molecule has 0 rings (SSSR count). The van der Waals surface area contributed by atoms with Crippen LogP contribution in [0.4, 0.5) is 0 Å². The van der Waals surface area contributed by atoms with Crippen LogP contribution in [0.25, 0.3) is 0 Å². The number of rotatable bonds is 14. The van der Waals surface area contributed by atoms with E-state index in [0.717, 1.165) is 25.0 Å². The highest BCUT2D eigenvalue weighted by atomic mass is 16.5. The molecule has 0 saturated carbocycles. The van der Waals surface area contributed by atoms with Crippen molar-refractivity contribution in [2.45, 2.75) is 92.1 Å². The number of esters is 2. The van der Waals surface area contributed by atoms with Crippen molar-refractivity contribution < 1.29 is 19.1 Å². The first kappa shape index (κ1) is 23.7. The van der Waals surface area contributed by atoms with Gasteiger partial charge < -0.3 is 9.47 Å². The SMILES string of the molecule is CCCCCCCCCCOC(=O)/C=C/C(=O)OC(C(C)C)C(C)C. The Bertz CT molecular complexity index is 377. The molecule has 146 valence electrons. The van der Waals surface area contributed by atoms with E-state index in [-0.39, 0.29) is 17.9 Å². The Kier molecular flexibility index (Phi) is 14.2. The van der Waals surface area contributed by atoms with Crippen molar-refractivity contribution in [3.8, 4) is 0 Å². The molecule has 0 fully saturated rings. The third kappa shape index (κ3) is 13.6. The molecule has 25 heavy (non-hydrogen) atoms. The summed E-state index contributed by atoms with van der Waals surface area (Å²) in [5.74, 6) is -0.487. The van der Waals surface area contributed by atoms with Crippen LogP contribution >= 0.6 is 0 Å². The van der Waals surface area contributed by atoms with Gasteiger partial charge in [0.25, 0.3) is 0 Å². The zero-order valence-corrected chi connectivity index (χ0v) is 16.9. The van der Waals surface area contributed by atoms with Crippen molar-refractivity contribution in [2.24, 2.45) is 11.8 Å². The Balaban J connectivity index is 3.80. The summed E-state index contributed by atoms with van der Waals surface area (Å²) in [6, 6.07) is 0. The first-order valence-electron chi connectivity index (χ1n) is 9.93. The van der Waals surface area contributed by atoms with Gasteiger partial charge in [0.15, 0.2) is 0 Å². The van der Waals surface area contributed by atoms with Gasteiger partial charge in [-0.2, -0.15) is 0 Å². The van der Waals surface area contributed by atoms with Gasteiger partial charge in [-0.3, -0.25) is 0 Å². The lowest BCUT2D eigenvalue weighted by atomic mass is 9.96. The first-order chi connectivity index (χ1) is 11.9. The highest BCUT2D eigenvalue weighted by Gasteiger charge is 2.20. The number of carbonyl (C=O) groups is 2. The Hall–Kier alpha value is -1.32. The van der Waals surface area contributed by atoms with Crippen molar-refractivity contribution in [3.63, 3.8) is 0 Å². The van der Waals surface area contributed by atoms with E-state index in [0.29, 0.717) is 6.61 Å². The van der Waals surface area contributed by atoms with Gasteiger partial charge >= 0.3 is 11.9 Å². The summed E-state index contributed by atoms with van der Waals surface area (Å²) in [7, 11) is 0. The molecule has 0 bridgehead atoms. The predicted octanol–water partition coefficient (Wildman–Crippen LogP) is 5.45. The summed E-state index contributed by atoms with van der Waals surface area (Å²) < 4.78 is 10.5. The normalized spacial score (nSPS) is 11.7. The van der Waals surface area contributed by atoms with Crippen LogP contribution in [0.3, 0.4) is 0 Å². The van der Waals surface area contributed by atoms with Gasteiger partial charge in [-0.25, -0.2) is 9.59 Å². The molecule has 0 aliphatic heterocycles. The highest BCUT2D eigenvalue weighted by molar-refractivity contribution is 5.91. The number of unbranched alkanes of at least 4 members (excludes halogenated alkanes) is 7. The Morgan fingerprint density at radius 1 is 0.760 bits per heavy atom. The number of hydrogen-bond acceptors (Lipinski definition) is 4. The van der Waals surface area contributed by atoms with Crippen LogP contribution in [0.2, 0.25) is 0 Å². The molecule has 0 aliphatic rings. The van der Waals surface area contributed by atoms with Crippen molar-refractivity contribution >= 4 is 11.9 Å². The predicted molar refractivity (Wildman–Crippen MR) is 102 cm³/mol. The van der Waals surface area contributed by atoms with Gasteiger partial charge in [0.1, 0.15) is 6.10 Å². The molecule has 0 aromatic heterocycles. The fourth-order valence-corrected chi connectivity index (χ4v) is 2.81. The Labute approximate surface area is 154 Å². The summed E-state index contributed by atoms with van der Waals surface area (Å²) in [5, 5.41) is 0. The molecule has 0 aromatic carbocycles. The zero-order valence-electron chi connectivity index (χ0n) is 16.9. The van der Waals surface area contributed by atoms with E-state index in [1.807, 2.05) is 27.7 Å². The summed E-state index contributed by atoms with van der Waals surface area (Å²) >= 11 is 0. The maximum absolute atomic E-state index is 11.8. The minimum absolute atomic E-state index is 0.148. The van der Waals surface area contributed by atoms with Crippen LogP contribution in [0.15, 0.2) is 12.2 Å². The molecule has 0 amide bonds. The average Bonchev–Trinajstić information content (AvgIpc) is 2.55. The van der Waals surface area contributed by atoms with Crippen molar-refractivity contribution in [1.82, 2.24) is 0 Å². The highest BCUT2D eigenvalue weighted by Crippen LogP contribution is 2.16. The van der Waals surface area contributed by atoms with E-state index in [9.17, 15) is 9.59 Å². The van der Waals surface area contributed by atoms with Crippen LogP contribution in [-0.2, 0) is 19.1 Å². The minimum Gasteiger partial charge on any atom is -0.463 e. The Morgan fingerprint density at radius 3 is 1.76 bits per heavy atom. The van der Waals surface area contributed by atoms with Gasteiger partial charge in [-0.05, 0) is 18.3 Å². The van der Waals surface area contributed by atoms with Gasteiger partial charge in [0.05, 0.1) is 6.61 Å². The fourth-order valence-electron chi connectivity index (χ4n) is 2.81. The third-order valence-electron chi connectivity index (χ3n) is 4.16. The molecule has 0 N–H and O–H groups in total. The van der Waals surface area contributed by atoms with Crippen molar-refractivity contribution in [1.29, 1.82) is 0 Å². The molecule has 0 aromatic rings. The average molecular weight is 355 g/mol. The van der Waals surface area contributed by atoms with E-state index in [1.54, 1.807) is 0 Å². The molecule has 0 saturated heterocycles. The van der Waals surface area contributed by atoms with Crippen LogP contribution in [0.5, 0.6) is 0 Å². The molecule has 4 heteroatoms. The largest absolute Gasteiger partial charge is 0.463 e. The number of hydrogen-bond donors (Lipinski definition) is 0. The second kappa shape index (κ2) is 15.0.